The van der Waals surface area contributed by atoms with Crippen LogP contribution in [0.3, 0.4) is 0 Å². The van der Waals surface area contributed by atoms with Crippen LogP contribution in [0.4, 0.5) is 0 Å². The third-order valence-electron chi connectivity index (χ3n) is 4.48. The summed E-state index contributed by atoms with van der Waals surface area (Å²) in [5.41, 5.74) is 1.10. The minimum absolute atomic E-state index is 0.0402. The van der Waals surface area contributed by atoms with E-state index >= 15 is 0 Å². The molecule has 3 rings (SSSR count). The molecule has 0 unspecified atom stereocenters. The van der Waals surface area contributed by atoms with Crippen LogP contribution in [-0.2, 0) is 14.3 Å². The van der Waals surface area contributed by atoms with Crippen molar-refractivity contribution in [2.45, 2.75) is 51.4 Å². The summed E-state index contributed by atoms with van der Waals surface area (Å²) < 4.78 is 5.38. The maximum Gasteiger partial charge on any atom is 0.340 e. The Labute approximate surface area is 134 Å². The van der Waals surface area contributed by atoms with Gasteiger partial charge in [0.2, 0.25) is 18.0 Å². The zero-order chi connectivity index (χ0) is 16.6. The summed E-state index contributed by atoms with van der Waals surface area (Å²) in [6, 6.07) is 6.43. The van der Waals surface area contributed by atoms with Crippen LogP contribution >= 0.6 is 0 Å². The highest BCUT2D eigenvalue weighted by atomic mass is 16.6. The molecule has 0 saturated carbocycles. The highest BCUT2D eigenvalue weighted by molar-refractivity contribution is 5.96. The highest BCUT2D eigenvalue weighted by Gasteiger charge is 2.46. The molecule has 0 radical (unpaired) electrons. The first-order valence-electron chi connectivity index (χ1n) is 7.94. The van der Waals surface area contributed by atoms with E-state index in [1.807, 2.05) is 13.8 Å². The summed E-state index contributed by atoms with van der Waals surface area (Å²) in [4.78, 5) is 38.2. The van der Waals surface area contributed by atoms with Crippen molar-refractivity contribution in [1.82, 2.24) is 10.2 Å². The molecule has 3 atom stereocenters. The second kappa shape index (κ2) is 6.02. The number of carbonyl (C=O) groups excluding carboxylic acids is 3. The molecule has 23 heavy (non-hydrogen) atoms. The Morgan fingerprint density at radius 2 is 2.13 bits per heavy atom. The molecule has 2 heterocycles. The summed E-state index contributed by atoms with van der Waals surface area (Å²) in [6.07, 6.45) is 0.737. The summed E-state index contributed by atoms with van der Waals surface area (Å²) in [5.74, 6) is -0.805. The van der Waals surface area contributed by atoms with E-state index in [0.29, 0.717) is 17.5 Å². The summed E-state index contributed by atoms with van der Waals surface area (Å²) >= 11 is 0. The number of esters is 1. The number of hydrogen-bond donors (Lipinski definition) is 1. The summed E-state index contributed by atoms with van der Waals surface area (Å²) in [6.45, 7) is 3.90. The van der Waals surface area contributed by atoms with E-state index in [-0.39, 0.29) is 24.3 Å². The zero-order valence-electron chi connectivity index (χ0n) is 13.2. The Balaban J connectivity index is 1.87. The third kappa shape index (κ3) is 2.69. The van der Waals surface area contributed by atoms with Gasteiger partial charge in [-0.2, -0.15) is 0 Å². The maximum absolute atomic E-state index is 12.5. The van der Waals surface area contributed by atoms with Crippen molar-refractivity contribution in [3.63, 3.8) is 0 Å². The molecule has 1 aromatic rings. The van der Waals surface area contributed by atoms with Crippen molar-refractivity contribution in [2.75, 3.05) is 0 Å². The van der Waals surface area contributed by atoms with Gasteiger partial charge in [-0.05, 0) is 25.8 Å². The quantitative estimate of drug-likeness (QED) is 0.859. The molecule has 2 aliphatic heterocycles. The standard InChI is InChI=1S/C17H20N2O4/c1-3-10(2)18-15(21)13-8-9-14(20)19(13)16-11-6-4-5-7-12(11)17(22)23-16/h4-7,10,13,16H,3,8-9H2,1-2H3,(H,18,21)/t10-,13+,16+/m1/s1. The van der Waals surface area contributed by atoms with Crippen LogP contribution in [0.2, 0.25) is 0 Å². The molecule has 6 nitrogen and oxygen atoms in total. The molecule has 6 heteroatoms. The van der Waals surface area contributed by atoms with Gasteiger partial charge in [-0.25, -0.2) is 4.79 Å². The lowest BCUT2D eigenvalue weighted by molar-refractivity contribution is -0.146. The predicted molar refractivity (Wildman–Crippen MR) is 82.4 cm³/mol. The Morgan fingerprint density at radius 1 is 1.39 bits per heavy atom. The van der Waals surface area contributed by atoms with Gasteiger partial charge in [-0.15, -0.1) is 0 Å². The van der Waals surface area contributed by atoms with Gasteiger partial charge < -0.3 is 10.1 Å². The minimum atomic E-state index is -0.804. The topological polar surface area (TPSA) is 75.7 Å². The SMILES string of the molecule is CC[C@@H](C)NC(=O)[C@@H]1CCC(=O)N1[C@H]1OC(=O)c2ccccc21. The van der Waals surface area contributed by atoms with Gasteiger partial charge in [0.1, 0.15) is 6.04 Å². The van der Waals surface area contributed by atoms with E-state index < -0.39 is 18.2 Å². The fourth-order valence-electron chi connectivity index (χ4n) is 3.03. The second-order valence-electron chi connectivity index (χ2n) is 6.02. The molecule has 122 valence electrons. The lowest BCUT2D eigenvalue weighted by Gasteiger charge is -2.29. The van der Waals surface area contributed by atoms with Crippen LogP contribution in [-0.4, -0.2) is 34.8 Å². The van der Waals surface area contributed by atoms with Crippen LogP contribution in [0.25, 0.3) is 0 Å². The van der Waals surface area contributed by atoms with Crippen molar-refractivity contribution in [2.24, 2.45) is 0 Å². The molecule has 1 saturated heterocycles. The zero-order valence-corrected chi connectivity index (χ0v) is 13.2. The summed E-state index contributed by atoms with van der Waals surface area (Å²) in [7, 11) is 0. The number of ether oxygens (including phenoxy) is 1. The van der Waals surface area contributed by atoms with Crippen molar-refractivity contribution in [3.8, 4) is 0 Å². The monoisotopic (exact) mass is 316 g/mol. The lowest BCUT2D eigenvalue weighted by atomic mass is 10.1. The van der Waals surface area contributed by atoms with Crippen molar-refractivity contribution in [1.29, 1.82) is 0 Å². The third-order valence-corrected chi connectivity index (χ3v) is 4.48. The number of rotatable bonds is 4. The van der Waals surface area contributed by atoms with Gasteiger partial charge in [-0.3, -0.25) is 14.5 Å². The molecule has 0 bridgehead atoms. The van der Waals surface area contributed by atoms with E-state index in [1.54, 1.807) is 24.3 Å². The molecular formula is C17H20N2O4. The van der Waals surface area contributed by atoms with Gasteiger partial charge in [0.25, 0.3) is 0 Å². The number of fused-ring (bicyclic) bond motifs is 1. The molecule has 0 aromatic heterocycles. The van der Waals surface area contributed by atoms with Crippen LogP contribution in [0.5, 0.6) is 0 Å². The van der Waals surface area contributed by atoms with E-state index in [1.165, 1.54) is 4.90 Å². The number of carbonyl (C=O) groups is 3. The largest absolute Gasteiger partial charge is 0.433 e. The molecule has 1 aromatic carbocycles. The lowest BCUT2D eigenvalue weighted by Crippen LogP contribution is -2.48. The van der Waals surface area contributed by atoms with E-state index in [2.05, 4.69) is 5.32 Å². The molecule has 2 amide bonds. The van der Waals surface area contributed by atoms with Gasteiger partial charge in [0.05, 0.1) is 5.56 Å². The Hall–Kier alpha value is -2.37. The van der Waals surface area contributed by atoms with Crippen molar-refractivity contribution >= 4 is 17.8 Å². The first-order chi connectivity index (χ1) is 11.0. The Bertz CT molecular complexity index is 658. The van der Waals surface area contributed by atoms with E-state index in [9.17, 15) is 14.4 Å². The number of nitrogens with zero attached hydrogens (tertiary/aromatic N) is 1. The van der Waals surface area contributed by atoms with Gasteiger partial charge in [-0.1, -0.05) is 25.1 Å². The number of cyclic esters (lactones) is 1. The number of hydrogen-bond acceptors (Lipinski definition) is 4. The normalized spacial score (nSPS) is 24.3. The van der Waals surface area contributed by atoms with Crippen LogP contribution in [0.1, 0.15) is 55.3 Å². The number of benzene rings is 1. The maximum atomic E-state index is 12.5. The smallest absolute Gasteiger partial charge is 0.340 e. The van der Waals surface area contributed by atoms with Gasteiger partial charge >= 0.3 is 5.97 Å². The van der Waals surface area contributed by atoms with Crippen LogP contribution < -0.4 is 5.32 Å². The second-order valence-corrected chi connectivity index (χ2v) is 6.02. The van der Waals surface area contributed by atoms with Gasteiger partial charge in [0.15, 0.2) is 0 Å². The Kier molecular flexibility index (Phi) is 4.07. The predicted octanol–water partition coefficient (Wildman–Crippen LogP) is 1.76. The van der Waals surface area contributed by atoms with E-state index in [0.717, 1.165) is 6.42 Å². The fraction of sp³-hybridized carbons (Fsp3) is 0.471. The molecule has 0 spiro atoms. The molecule has 2 aliphatic rings. The number of nitrogens with one attached hydrogen (secondary N) is 1. The first kappa shape index (κ1) is 15.5. The Morgan fingerprint density at radius 3 is 2.87 bits per heavy atom. The molecule has 0 aliphatic carbocycles. The first-order valence-corrected chi connectivity index (χ1v) is 7.94. The van der Waals surface area contributed by atoms with Crippen LogP contribution in [0.15, 0.2) is 24.3 Å². The fourth-order valence-corrected chi connectivity index (χ4v) is 3.03. The van der Waals surface area contributed by atoms with Crippen molar-refractivity contribution in [3.05, 3.63) is 35.4 Å². The molecular weight excluding hydrogens is 296 g/mol. The molecule has 1 fully saturated rings. The highest BCUT2D eigenvalue weighted by Crippen LogP contribution is 2.38. The minimum Gasteiger partial charge on any atom is -0.433 e. The van der Waals surface area contributed by atoms with Crippen LogP contribution in [0, 0.1) is 0 Å². The average molecular weight is 316 g/mol. The van der Waals surface area contributed by atoms with Crippen molar-refractivity contribution < 1.29 is 19.1 Å². The average Bonchev–Trinajstić information content (AvgIpc) is 3.08. The van der Waals surface area contributed by atoms with E-state index in [4.69, 9.17) is 4.74 Å². The number of likely N-dealkylation sites (tertiary alicyclic amines) is 1. The number of amides is 2. The summed E-state index contributed by atoms with van der Waals surface area (Å²) in [5, 5.41) is 2.91. The van der Waals surface area contributed by atoms with Gasteiger partial charge in [0, 0.05) is 18.0 Å². The molecule has 1 N–H and O–H groups in total.